The number of hydrogen-bond donors (Lipinski definition) is 2. The fourth-order valence-electron chi connectivity index (χ4n) is 2.68. The van der Waals surface area contributed by atoms with Gasteiger partial charge in [0, 0.05) is 12.1 Å². The lowest BCUT2D eigenvalue weighted by atomic mass is 9.97. The van der Waals surface area contributed by atoms with Crippen molar-refractivity contribution in [3.8, 4) is 11.5 Å². The van der Waals surface area contributed by atoms with E-state index in [0.29, 0.717) is 17.9 Å². The summed E-state index contributed by atoms with van der Waals surface area (Å²) in [6, 6.07) is 7.25. The van der Waals surface area contributed by atoms with Gasteiger partial charge in [-0.15, -0.1) is 0 Å². The molecule has 0 bridgehead atoms. The van der Waals surface area contributed by atoms with Crippen LogP contribution in [-0.2, 0) is 15.5 Å². The maximum atomic E-state index is 10.5. The van der Waals surface area contributed by atoms with Crippen LogP contribution in [0, 0.1) is 13.8 Å². The minimum absolute atomic E-state index is 0.150. The van der Waals surface area contributed by atoms with E-state index in [4.69, 9.17) is 9.63 Å². The average Bonchev–Trinajstić information content (AvgIpc) is 2.51. The predicted octanol–water partition coefficient (Wildman–Crippen LogP) is 3.85. The Hall–Kier alpha value is -1.88. The van der Waals surface area contributed by atoms with Gasteiger partial charge in [-0.25, -0.2) is 0 Å². The van der Waals surface area contributed by atoms with Crippen molar-refractivity contribution in [3.63, 3.8) is 0 Å². The van der Waals surface area contributed by atoms with Crippen LogP contribution in [-0.4, -0.2) is 21.8 Å². The second-order valence-electron chi connectivity index (χ2n) is 6.25. The molecule has 1 unspecified atom stereocenters. The summed E-state index contributed by atoms with van der Waals surface area (Å²) < 4.78 is 20.4. The molecule has 2 rings (SSSR count). The summed E-state index contributed by atoms with van der Waals surface area (Å²) in [4.78, 5) is 13.2. The summed E-state index contributed by atoms with van der Waals surface area (Å²) in [5, 5.41) is 9.91. The summed E-state index contributed by atoms with van der Waals surface area (Å²) in [5.41, 5.74) is 4.80. The van der Waals surface area contributed by atoms with Crippen LogP contribution in [0.2, 0.25) is 0 Å². The van der Waals surface area contributed by atoms with E-state index in [9.17, 15) is 9.67 Å². The zero-order chi connectivity index (χ0) is 18.6. The van der Waals surface area contributed by atoms with E-state index >= 15 is 0 Å². The fourth-order valence-corrected chi connectivity index (χ4v) is 2.84. The minimum Gasteiger partial charge on any atom is -0.506 e. The minimum atomic E-state index is -2.99. The van der Waals surface area contributed by atoms with Crippen molar-refractivity contribution < 1.29 is 23.8 Å². The van der Waals surface area contributed by atoms with E-state index in [1.54, 1.807) is 6.07 Å². The summed E-state index contributed by atoms with van der Waals surface area (Å²) in [5.74, 6) is 0.958. The molecule has 0 amide bonds. The van der Waals surface area contributed by atoms with Crippen molar-refractivity contribution in [1.29, 1.82) is 0 Å². The van der Waals surface area contributed by atoms with Gasteiger partial charge < -0.3 is 14.7 Å². The summed E-state index contributed by atoms with van der Waals surface area (Å²) >= 11 is 0. The zero-order valence-corrected chi connectivity index (χ0v) is 15.9. The van der Waals surface area contributed by atoms with E-state index in [1.807, 2.05) is 45.9 Å². The quantitative estimate of drug-likeness (QED) is 0.572. The molecule has 1 aromatic carbocycles. The number of aromatic nitrogens is 1. The number of rotatable bonds is 7. The molecule has 0 spiro atoms. The highest BCUT2D eigenvalue weighted by molar-refractivity contribution is 7.32. The average molecular weight is 365 g/mol. The Morgan fingerprint density at radius 2 is 1.84 bits per heavy atom. The normalized spacial score (nSPS) is 12.4. The highest BCUT2D eigenvalue weighted by Gasteiger charge is 2.12. The molecule has 6 nitrogen and oxygen atoms in total. The second-order valence-corrected chi connectivity index (χ2v) is 7.07. The van der Waals surface area contributed by atoms with Crippen LogP contribution in [0.25, 0.3) is 0 Å². The molecule has 7 heteroatoms. The van der Waals surface area contributed by atoms with Crippen LogP contribution < -0.4 is 4.74 Å². The SMILES string of the molecule is Cc1cc(OCO[PH](=O)O)cc(C)c1Cc1ccc(O)c(C(C)C)n1. The van der Waals surface area contributed by atoms with Gasteiger partial charge in [0.25, 0.3) is 0 Å². The Morgan fingerprint density at radius 1 is 1.20 bits per heavy atom. The molecule has 1 atom stereocenters. The van der Waals surface area contributed by atoms with Crippen LogP contribution in [0.3, 0.4) is 0 Å². The standard InChI is InChI=1S/C18H24NO5P/c1-11(2)18-17(20)6-5-14(19-18)9-16-12(3)7-15(8-13(16)4)23-10-24-25(21)22/h5-8,11,20,25H,9-10H2,1-4H3,(H,21,22). The van der Waals surface area contributed by atoms with E-state index in [1.165, 1.54) is 0 Å². The van der Waals surface area contributed by atoms with Crippen molar-refractivity contribution in [2.75, 3.05) is 6.79 Å². The van der Waals surface area contributed by atoms with E-state index in [2.05, 4.69) is 9.51 Å². The molecule has 2 N–H and O–H groups in total. The molecule has 1 heterocycles. The third-order valence-corrected chi connectivity index (χ3v) is 4.31. The van der Waals surface area contributed by atoms with E-state index in [0.717, 1.165) is 22.4 Å². The Morgan fingerprint density at radius 3 is 2.40 bits per heavy atom. The molecule has 25 heavy (non-hydrogen) atoms. The van der Waals surface area contributed by atoms with Crippen molar-refractivity contribution in [2.45, 2.75) is 40.0 Å². The first-order valence-electron chi connectivity index (χ1n) is 8.05. The summed E-state index contributed by atoms with van der Waals surface area (Å²) in [7, 11) is -2.99. The highest BCUT2D eigenvalue weighted by Crippen LogP contribution is 2.27. The van der Waals surface area contributed by atoms with E-state index in [-0.39, 0.29) is 18.5 Å². The number of aryl methyl sites for hydroxylation is 2. The van der Waals surface area contributed by atoms with Gasteiger partial charge in [-0.3, -0.25) is 14.1 Å². The number of nitrogens with zero attached hydrogens (tertiary/aromatic N) is 1. The lowest BCUT2D eigenvalue weighted by molar-refractivity contribution is 0.115. The monoisotopic (exact) mass is 365 g/mol. The van der Waals surface area contributed by atoms with Crippen LogP contribution in [0.1, 0.15) is 47.8 Å². The maximum absolute atomic E-state index is 10.5. The zero-order valence-electron chi connectivity index (χ0n) is 14.9. The van der Waals surface area contributed by atoms with Crippen molar-refractivity contribution in [2.24, 2.45) is 0 Å². The van der Waals surface area contributed by atoms with E-state index < -0.39 is 8.25 Å². The third-order valence-electron chi connectivity index (χ3n) is 3.94. The van der Waals surface area contributed by atoms with Gasteiger partial charge in [0.2, 0.25) is 0 Å². The lowest BCUT2D eigenvalue weighted by Gasteiger charge is -2.14. The second kappa shape index (κ2) is 8.48. The fraction of sp³-hybridized carbons (Fsp3) is 0.389. The molecule has 0 saturated heterocycles. The van der Waals surface area contributed by atoms with Gasteiger partial charge in [-0.2, -0.15) is 0 Å². The number of pyridine rings is 1. The molecule has 0 radical (unpaired) electrons. The lowest BCUT2D eigenvalue weighted by Crippen LogP contribution is -2.03. The molecule has 0 fully saturated rings. The first kappa shape index (κ1) is 19.4. The topological polar surface area (TPSA) is 88.9 Å². The van der Waals surface area contributed by atoms with Gasteiger partial charge in [-0.05, 0) is 60.7 Å². The van der Waals surface area contributed by atoms with Crippen LogP contribution >= 0.6 is 8.25 Å². The van der Waals surface area contributed by atoms with Gasteiger partial charge >= 0.3 is 8.25 Å². The number of benzene rings is 1. The highest BCUT2D eigenvalue weighted by atomic mass is 31.1. The molecule has 0 aliphatic carbocycles. The number of hydrogen-bond acceptors (Lipinski definition) is 5. The summed E-state index contributed by atoms with van der Waals surface area (Å²) in [6.07, 6.45) is 0.652. The third kappa shape index (κ3) is 5.30. The molecule has 1 aromatic heterocycles. The Bertz CT molecular complexity index is 753. The smallest absolute Gasteiger partial charge is 0.319 e. The number of ether oxygens (including phenoxy) is 1. The van der Waals surface area contributed by atoms with Gasteiger partial charge in [0.1, 0.15) is 11.5 Å². The summed E-state index contributed by atoms with van der Waals surface area (Å²) in [6.45, 7) is 7.70. The Labute approximate surface area is 148 Å². The molecular formula is C18H24NO5P. The first-order valence-corrected chi connectivity index (χ1v) is 9.31. The van der Waals surface area contributed by atoms with Crippen molar-refractivity contribution in [1.82, 2.24) is 4.98 Å². The predicted molar refractivity (Wildman–Crippen MR) is 96.5 cm³/mol. The van der Waals surface area contributed by atoms with Crippen LogP contribution in [0.4, 0.5) is 0 Å². The first-order chi connectivity index (χ1) is 11.8. The molecular weight excluding hydrogens is 341 g/mol. The van der Waals surface area contributed by atoms with Gasteiger partial charge in [-0.1, -0.05) is 13.8 Å². The Kier molecular flexibility index (Phi) is 6.59. The Balaban J connectivity index is 2.20. The van der Waals surface area contributed by atoms with Crippen LogP contribution in [0.15, 0.2) is 24.3 Å². The molecule has 0 aliphatic rings. The van der Waals surface area contributed by atoms with Crippen molar-refractivity contribution >= 4 is 8.25 Å². The largest absolute Gasteiger partial charge is 0.506 e. The molecule has 2 aromatic rings. The van der Waals surface area contributed by atoms with Gasteiger partial charge in [0.15, 0.2) is 6.79 Å². The van der Waals surface area contributed by atoms with Crippen LogP contribution in [0.5, 0.6) is 11.5 Å². The van der Waals surface area contributed by atoms with Crippen molar-refractivity contribution in [3.05, 3.63) is 52.3 Å². The molecule has 0 saturated carbocycles. The molecule has 136 valence electrons. The number of aromatic hydroxyl groups is 1. The molecule has 0 aliphatic heterocycles. The maximum Gasteiger partial charge on any atom is 0.319 e. The van der Waals surface area contributed by atoms with Gasteiger partial charge in [0.05, 0.1) is 5.69 Å².